The number of nitrogens with zero attached hydrogens (tertiary/aromatic N) is 3. The van der Waals surface area contributed by atoms with E-state index < -0.39 is 0 Å². The van der Waals surface area contributed by atoms with Crippen molar-refractivity contribution in [2.45, 2.75) is 32.9 Å². The van der Waals surface area contributed by atoms with Crippen molar-refractivity contribution < 1.29 is 0 Å². The lowest BCUT2D eigenvalue weighted by Crippen LogP contribution is -2.31. The minimum atomic E-state index is 0.616. The zero-order valence-corrected chi connectivity index (χ0v) is 14.3. The molecule has 0 aromatic carbocycles. The van der Waals surface area contributed by atoms with Crippen LogP contribution in [0.25, 0.3) is 0 Å². The summed E-state index contributed by atoms with van der Waals surface area (Å²) in [7, 11) is 4.29. The molecule has 1 aliphatic rings. The predicted octanol–water partition coefficient (Wildman–Crippen LogP) is 2.62. The Morgan fingerprint density at radius 2 is 2.19 bits per heavy atom. The Hall–Kier alpha value is -0.840. The summed E-state index contributed by atoms with van der Waals surface area (Å²) in [5.74, 6) is 1.68. The summed E-state index contributed by atoms with van der Waals surface area (Å²) < 4.78 is 0. The lowest BCUT2D eigenvalue weighted by molar-refractivity contribution is 0.315. The van der Waals surface area contributed by atoms with E-state index in [0.717, 1.165) is 42.7 Å². The molecule has 1 saturated heterocycles. The third-order valence-electron chi connectivity index (χ3n) is 3.97. The van der Waals surface area contributed by atoms with Crippen molar-refractivity contribution in [3.8, 4) is 0 Å². The molecule has 21 heavy (non-hydrogen) atoms. The van der Waals surface area contributed by atoms with Gasteiger partial charge in [0.05, 0.1) is 10.7 Å². The molecule has 2 rings (SSSR count). The van der Waals surface area contributed by atoms with Gasteiger partial charge in [0.15, 0.2) is 0 Å². The molecule has 4 nitrogen and oxygen atoms in total. The standard InChI is InChI=1S/C16H27ClN4/c1-12(2)9-18-10-15-14(17)5-6-16(19-15)21-8-7-13(11-21)20(3)4/h5-6,12-13,18H,7-11H2,1-4H3. The molecule has 1 aromatic rings. The fourth-order valence-electron chi connectivity index (χ4n) is 2.62. The van der Waals surface area contributed by atoms with Crippen LogP contribution in [0.5, 0.6) is 0 Å². The second kappa shape index (κ2) is 7.43. The summed E-state index contributed by atoms with van der Waals surface area (Å²) in [6, 6.07) is 4.62. The second-order valence-electron chi connectivity index (χ2n) is 6.47. The third kappa shape index (κ3) is 4.56. The van der Waals surface area contributed by atoms with Gasteiger partial charge >= 0.3 is 0 Å². The van der Waals surface area contributed by atoms with Crippen LogP contribution in [0.4, 0.5) is 5.82 Å². The Balaban J connectivity index is 2.01. The Morgan fingerprint density at radius 3 is 2.81 bits per heavy atom. The molecule has 1 aromatic heterocycles. The largest absolute Gasteiger partial charge is 0.355 e. The van der Waals surface area contributed by atoms with Gasteiger partial charge < -0.3 is 15.1 Å². The number of nitrogens with one attached hydrogen (secondary N) is 1. The van der Waals surface area contributed by atoms with E-state index in [2.05, 4.69) is 43.1 Å². The van der Waals surface area contributed by atoms with Crippen molar-refractivity contribution in [1.29, 1.82) is 0 Å². The lowest BCUT2D eigenvalue weighted by atomic mass is 10.2. The molecule has 118 valence electrons. The van der Waals surface area contributed by atoms with Gasteiger partial charge in [0.25, 0.3) is 0 Å². The highest BCUT2D eigenvalue weighted by Crippen LogP contribution is 2.23. The lowest BCUT2D eigenvalue weighted by Gasteiger charge is -2.21. The first-order valence-corrected chi connectivity index (χ1v) is 8.12. The van der Waals surface area contributed by atoms with Crippen molar-refractivity contribution >= 4 is 17.4 Å². The van der Waals surface area contributed by atoms with Crippen LogP contribution in [0.2, 0.25) is 5.02 Å². The molecule has 5 heteroatoms. The smallest absolute Gasteiger partial charge is 0.129 e. The maximum absolute atomic E-state index is 6.27. The van der Waals surface area contributed by atoms with Crippen molar-refractivity contribution in [3.05, 3.63) is 22.8 Å². The van der Waals surface area contributed by atoms with E-state index in [-0.39, 0.29) is 0 Å². The molecular formula is C16H27ClN4. The van der Waals surface area contributed by atoms with Crippen LogP contribution in [0.3, 0.4) is 0 Å². The van der Waals surface area contributed by atoms with Gasteiger partial charge in [-0.1, -0.05) is 25.4 Å². The van der Waals surface area contributed by atoms with E-state index in [4.69, 9.17) is 16.6 Å². The fourth-order valence-corrected chi connectivity index (χ4v) is 2.80. The molecule has 1 atom stereocenters. The molecule has 0 aliphatic carbocycles. The molecule has 0 saturated carbocycles. The minimum Gasteiger partial charge on any atom is -0.355 e. The average Bonchev–Trinajstić information content (AvgIpc) is 2.90. The van der Waals surface area contributed by atoms with Gasteiger partial charge in [0.1, 0.15) is 5.82 Å². The second-order valence-corrected chi connectivity index (χ2v) is 6.88. The Morgan fingerprint density at radius 1 is 1.43 bits per heavy atom. The number of anilines is 1. The number of likely N-dealkylation sites (N-methyl/N-ethyl adjacent to an activating group) is 1. The highest BCUT2D eigenvalue weighted by Gasteiger charge is 2.25. The number of hydrogen-bond acceptors (Lipinski definition) is 4. The van der Waals surface area contributed by atoms with Crippen LogP contribution in [-0.4, -0.2) is 49.7 Å². The number of aromatic nitrogens is 1. The molecule has 1 N–H and O–H groups in total. The van der Waals surface area contributed by atoms with Gasteiger partial charge in [-0.3, -0.25) is 0 Å². The van der Waals surface area contributed by atoms with Crippen LogP contribution in [0.1, 0.15) is 26.0 Å². The highest BCUT2D eigenvalue weighted by atomic mass is 35.5. The molecule has 0 amide bonds. The van der Waals surface area contributed by atoms with Crippen molar-refractivity contribution in [1.82, 2.24) is 15.2 Å². The van der Waals surface area contributed by atoms with Crippen LogP contribution >= 0.6 is 11.6 Å². The van der Waals surface area contributed by atoms with E-state index in [0.29, 0.717) is 12.0 Å². The highest BCUT2D eigenvalue weighted by molar-refractivity contribution is 6.31. The number of hydrogen-bond donors (Lipinski definition) is 1. The summed E-state index contributed by atoms with van der Waals surface area (Å²) in [4.78, 5) is 9.40. The van der Waals surface area contributed by atoms with Crippen LogP contribution in [0, 0.1) is 5.92 Å². The molecule has 0 radical (unpaired) electrons. The SMILES string of the molecule is CC(C)CNCc1nc(N2CCC(N(C)C)C2)ccc1Cl. The fraction of sp³-hybridized carbons (Fsp3) is 0.688. The molecule has 1 unspecified atom stereocenters. The predicted molar refractivity (Wildman–Crippen MR) is 90.1 cm³/mol. The number of halogens is 1. The van der Waals surface area contributed by atoms with E-state index in [1.165, 1.54) is 6.42 Å². The van der Waals surface area contributed by atoms with Gasteiger partial charge in [-0.2, -0.15) is 0 Å². The Kier molecular flexibility index (Phi) is 5.85. The van der Waals surface area contributed by atoms with E-state index in [9.17, 15) is 0 Å². The quantitative estimate of drug-likeness (QED) is 0.875. The molecule has 2 heterocycles. The first-order valence-electron chi connectivity index (χ1n) is 7.75. The van der Waals surface area contributed by atoms with Gasteiger partial charge in [-0.05, 0) is 45.1 Å². The Bertz CT molecular complexity index is 462. The first-order chi connectivity index (χ1) is 9.97. The monoisotopic (exact) mass is 310 g/mol. The molecular weight excluding hydrogens is 284 g/mol. The maximum atomic E-state index is 6.27. The zero-order valence-electron chi connectivity index (χ0n) is 13.6. The van der Waals surface area contributed by atoms with E-state index in [1.54, 1.807) is 0 Å². The molecule has 1 aliphatic heterocycles. The summed E-state index contributed by atoms with van der Waals surface area (Å²) in [6.45, 7) is 8.22. The first kappa shape index (κ1) is 16.5. The summed E-state index contributed by atoms with van der Waals surface area (Å²) in [5, 5.41) is 4.16. The van der Waals surface area contributed by atoms with Gasteiger partial charge in [-0.15, -0.1) is 0 Å². The van der Waals surface area contributed by atoms with Crippen LogP contribution in [0.15, 0.2) is 12.1 Å². The number of pyridine rings is 1. The summed E-state index contributed by atoms with van der Waals surface area (Å²) in [6.07, 6.45) is 1.19. The van der Waals surface area contributed by atoms with Gasteiger partial charge in [0.2, 0.25) is 0 Å². The van der Waals surface area contributed by atoms with E-state index >= 15 is 0 Å². The molecule has 1 fully saturated rings. The van der Waals surface area contributed by atoms with Gasteiger partial charge in [-0.25, -0.2) is 4.98 Å². The normalized spacial score (nSPS) is 19.0. The third-order valence-corrected chi connectivity index (χ3v) is 4.31. The van der Waals surface area contributed by atoms with Gasteiger partial charge in [0, 0.05) is 25.7 Å². The summed E-state index contributed by atoms with van der Waals surface area (Å²) in [5.41, 5.74) is 0.947. The molecule has 0 bridgehead atoms. The zero-order chi connectivity index (χ0) is 15.4. The van der Waals surface area contributed by atoms with Crippen molar-refractivity contribution in [2.75, 3.05) is 38.6 Å². The van der Waals surface area contributed by atoms with E-state index in [1.807, 2.05) is 12.1 Å². The maximum Gasteiger partial charge on any atom is 0.129 e. The molecule has 0 spiro atoms. The Labute approximate surface area is 133 Å². The van der Waals surface area contributed by atoms with Crippen molar-refractivity contribution in [3.63, 3.8) is 0 Å². The minimum absolute atomic E-state index is 0.616. The summed E-state index contributed by atoms with van der Waals surface area (Å²) >= 11 is 6.27. The van der Waals surface area contributed by atoms with Crippen molar-refractivity contribution in [2.24, 2.45) is 5.92 Å². The topological polar surface area (TPSA) is 31.4 Å². The van der Waals surface area contributed by atoms with Crippen LogP contribution in [-0.2, 0) is 6.54 Å². The van der Waals surface area contributed by atoms with Crippen LogP contribution < -0.4 is 10.2 Å². The number of rotatable bonds is 6. The average molecular weight is 311 g/mol.